The number of ether oxygens (including phenoxy) is 5. The molecule has 0 aliphatic carbocycles. The number of nitrogens with zero attached hydrogens (tertiary/aromatic N) is 10. The standard InChI is InChI=1S/C38H42N4O2.C33H39N3O4S.C31H37N4O5P/c1-7-41(8-2)32-20-16-28(17-21-32)34-35(29-18-22-33(23-19-29)42(9-3)10-4)40-37(39-34)31-24-26(5)36(27(6)25-31)44-38(43)30-14-12-11-13-15-30;1-8-35(9-2)26-16-12-23(13-17-26)30-32(24-14-18-27(19-15-24)36(10-3)11-4)41-33(34-30)25-20-28(38-6)31(40-22(5)37)29(21-25)39-7;1-20-18-25(19-21(2)30(20)40-22(3)36)31-32-28(23-8-12-26(13-9-23)33(4)5)29(35(31)16-17-41(37,38)39)24-10-14-27(15-11-24)34(6)7/h11-25H,7-10H2,1-6H3,(H,39,40);12-21H,8-11H2,1-7H3;8-15,18-19H,16-17H2,1-7H3,(H2,37,38,39). The Hall–Kier alpha value is -12.8. The van der Waals surface area contributed by atoms with Gasteiger partial charge >= 0.3 is 25.5 Å². The number of methoxy groups -OCH3 is 2. The van der Waals surface area contributed by atoms with Gasteiger partial charge in [-0.1, -0.05) is 91.0 Å². The zero-order valence-electron chi connectivity index (χ0n) is 76.2. The Kier molecular flexibility index (Phi) is 31.8. The van der Waals surface area contributed by atoms with Gasteiger partial charge < -0.3 is 72.4 Å². The third-order valence-electron chi connectivity index (χ3n) is 22.2. The minimum absolute atomic E-state index is 0.0525. The first-order valence-electron chi connectivity index (χ1n) is 42.8. The number of esters is 3. The number of nitrogens with one attached hydrogen (secondary N) is 1. The second-order valence-electron chi connectivity index (χ2n) is 31.0. The largest absolute Gasteiger partial charge is 0.493 e. The number of H-pyrrole nitrogens is 1. The molecule has 126 heavy (non-hydrogen) atoms. The number of aromatic amines is 1. The van der Waals surface area contributed by atoms with E-state index in [1.807, 2.05) is 173 Å². The summed E-state index contributed by atoms with van der Waals surface area (Å²) in [6.45, 7) is 35.5. The molecule has 0 saturated heterocycles. The predicted molar refractivity (Wildman–Crippen MR) is 518 cm³/mol. The summed E-state index contributed by atoms with van der Waals surface area (Å²) >= 11 is 1.61. The number of anilines is 6. The van der Waals surface area contributed by atoms with E-state index in [0.29, 0.717) is 40.1 Å². The number of thiazole rings is 1. The van der Waals surface area contributed by atoms with E-state index in [2.05, 4.69) is 177 Å². The monoisotopic (exact) mass is 1740 g/mol. The zero-order valence-corrected chi connectivity index (χ0v) is 77.9. The lowest BCUT2D eigenvalue weighted by molar-refractivity contribution is -0.133. The molecular weight excluding hydrogens is 1620 g/mol. The van der Waals surface area contributed by atoms with Crippen molar-refractivity contribution < 1.29 is 52.4 Å². The van der Waals surface area contributed by atoms with Crippen molar-refractivity contribution >= 4 is 71.0 Å². The lowest BCUT2D eigenvalue weighted by Crippen LogP contribution is -2.21. The lowest BCUT2D eigenvalue weighted by Gasteiger charge is -2.21. The van der Waals surface area contributed by atoms with Crippen LogP contribution in [0.1, 0.15) is 102 Å². The Balaban J connectivity index is 0.000000184. The summed E-state index contributed by atoms with van der Waals surface area (Å²) in [6.07, 6.45) is -0.346. The van der Waals surface area contributed by atoms with E-state index >= 15 is 0 Å². The molecule has 13 aromatic rings. The van der Waals surface area contributed by atoms with E-state index in [1.54, 1.807) is 37.7 Å². The van der Waals surface area contributed by atoms with Crippen molar-refractivity contribution in [1.82, 2.24) is 24.5 Å². The summed E-state index contributed by atoms with van der Waals surface area (Å²) in [5.74, 6) is 2.24. The Morgan fingerprint density at radius 1 is 0.413 bits per heavy atom. The van der Waals surface area contributed by atoms with Crippen LogP contribution in [-0.4, -0.2) is 153 Å². The first kappa shape index (κ1) is 93.9. The van der Waals surface area contributed by atoms with Crippen molar-refractivity contribution in [3.8, 4) is 129 Å². The van der Waals surface area contributed by atoms with E-state index in [9.17, 15) is 28.7 Å². The highest BCUT2D eigenvalue weighted by atomic mass is 32.1. The molecular formula is C102H118N11O11PS. The first-order chi connectivity index (χ1) is 60.5. The molecule has 0 radical (unpaired) electrons. The summed E-state index contributed by atoms with van der Waals surface area (Å²) < 4.78 is 41.8. The number of rotatable bonds is 32. The van der Waals surface area contributed by atoms with Gasteiger partial charge in [-0.25, -0.2) is 19.7 Å². The van der Waals surface area contributed by atoms with Gasteiger partial charge in [-0.2, -0.15) is 0 Å². The van der Waals surface area contributed by atoms with Gasteiger partial charge in [-0.15, -0.1) is 11.3 Å². The molecule has 0 spiro atoms. The highest BCUT2D eigenvalue weighted by Gasteiger charge is 2.28. The number of imidazole rings is 2. The number of carbonyl (C=O) groups is 3. The third kappa shape index (κ3) is 22.5. The molecule has 22 nitrogen and oxygen atoms in total. The number of carbonyl (C=O) groups excluding carboxylic acids is 3. The molecule has 3 N–H and O–H groups in total. The summed E-state index contributed by atoms with van der Waals surface area (Å²) in [5.41, 5.74) is 23.4. The first-order valence-corrected chi connectivity index (χ1v) is 45.5. The summed E-state index contributed by atoms with van der Waals surface area (Å²) in [7, 11) is 6.66. The molecule has 3 heterocycles. The molecule has 24 heteroatoms. The maximum atomic E-state index is 12.8. The van der Waals surface area contributed by atoms with Crippen LogP contribution in [-0.2, 0) is 20.7 Å². The molecule has 658 valence electrons. The Morgan fingerprint density at radius 3 is 1.19 bits per heavy atom. The molecule has 0 fully saturated rings. The van der Waals surface area contributed by atoms with Crippen LogP contribution in [0.15, 0.2) is 212 Å². The third-order valence-corrected chi connectivity index (χ3v) is 24.1. The van der Waals surface area contributed by atoms with Crippen molar-refractivity contribution in [2.75, 3.05) is 130 Å². The smallest absolute Gasteiger partial charge is 0.343 e. The number of hydrogen-bond donors (Lipinski definition) is 3. The van der Waals surface area contributed by atoms with Crippen LogP contribution in [0.25, 0.3) is 100 Å². The Bertz CT molecular complexity index is 5700. The number of hydrogen-bond acceptors (Lipinski definition) is 19. The van der Waals surface area contributed by atoms with Crippen molar-refractivity contribution in [1.29, 1.82) is 0 Å². The van der Waals surface area contributed by atoms with Crippen molar-refractivity contribution in [2.45, 2.75) is 103 Å². The lowest BCUT2D eigenvalue weighted by atomic mass is 10.0. The Morgan fingerprint density at radius 2 is 0.786 bits per heavy atom. The van der Waals surface area contributed by atoms with Crippen LogP contribution in [0.5, 0.6) is 28.7 Å². The minimum atomic E-state index is -4.32. The quantitative estimate of drug-likeness (QED) is 0.0202. The van der Waals surface area contributed by atoms with Crippen molar-refractivity contribution in [3.63, 3.8) is 0 Å². The number of benzene rings is 10. The van der Waals surface area contributed by atoms with Gasteiger partial charge in [-0.3, -0.25) is 14.2 Å². The van der Waals surface area contributed by atoms with Gasteiger partial charge in [0, 0.05) is 180 Å². The zero-order chi connectivity index (χ0) is 90.8. The second kappa shape index (κ2) is 42.7. The van der Waals surface area contributed by atoms with Crippen LogP contribution in [0.3, 0.4) is 0 Å². The van der Waals surface area contributed by atoms with Crippen LogP contribution in [0.2, 0.25) is 0 Å². The topological polar surface area (TPSA) is 234 Å². The van der Waals surface area contributed by atoms with Gasteiger partial charge in [-0.05, 0) is 232 Å². The fourth-order valence-electron chi connectivity index (χ4n) is 15.5. The fourth-order valence-corrected chi connectivity index (χ4v) is 17.0. The van der Waals surface area contributed by atoms with E-state index in [4.69, 9.17) is 38.6 Å². The minimum Gasteiger partial charge on any atom is -0.493 e. The summed E-state index contributed by atoms with van der Waals surface area (Å²) in [4.78, 5) is 89.4. The molecule has 0 saturated carbocycles. The number of aryl methyl sites for hydroxylation is 4. The molecule has 0 unspecified atom stereocenters. The van der Waals surface area contributed by atoms with Gasteiger partial charge in [0.25, 0.3) is 0 Å². The van der Waals surface area contributed by atoms with E-state index in [-0.39, 0.29) is 24.4 Å². The van der Waals surface area contributed by atoms with Gasteiger partial charge in [0.15, 0.2) is 11.5 Å². The Labute approximate surface area is 746 Å². The van der Waals surface area contributed by atoms with E-state index in [0.717, 1.165) is 175 Å². The normalized spacial score (nSPS) is 11.1. The average Bonchev–Trinajstić information content (AvgIpc) is 1.61. The summed E-state index contributed by atoms with van der Waals surface area (Å²) in [6, 6.07) is 71.3. The van der Waals surface area contributed by atoms with Crippen LogP contribution < -0.4 is 53.1 Å². The van der Waals surface area contributed by atoms with Crippen LogP contribution in [0.4, 0.5) is 34.1 Å². The molecule has 0 bridgehead atoms. The van der Waals surface area contributed by atoms with Crippen molar-refractivity contribution in [2.24, 2.45) is 0 Å². The van der Waals surface area contributed by atoms with Gasteiger partial charge in [0.05, 0.1) is 59.3 Å². The average molecular weight is 1740 g/mol. The maximum absolute atomic E-state index is 12.8. The van der Waals surface area contributed by atoms with Gasteiger partial charge in [0.1, 0.15) is 28.2 Å². The molecule has 13 rings (SSSR count). The maximum Gasteiger partial charge on any atom is 0.343 e. The van der Waals surface area contributed by atoms with Crippen LogP contribution in [0, 0.1) is 27.7 Å². The van der Waals surface area contributed by atoms with E-state index in [1.165, 1.54) is 36.6 Å². The highest BCUT2D eigenvalue weighted by molar-refractivity contribution is 7.51. The number of aromatic nitrogens is 5. The van der Waals surface area contributed by atoms with Crippen molar-refractivity contribution in [3.05, 3.63) is 240 Å². The molecule has 0 aliphatic rings. The van der Waals surface area contributed by atoms with Gasteiger partial charge in [0.2, 0.25) is 5.75 Å². The molecule has 0 atom stereocenters. The fraction of sp³-hybridized carbons (Fsp3) is 0.294. The predicted octanol–water partition coefficient (Wildman–Crippen LogP) is 22.5. The molecule has 10 aromatic carbocycles. The second-order valence-corrected chi connectivity index (χ2v) is 33.7. The highest BCUT2D eigenvalue weighted by Crippen LogP contribution is 2.48. The van der Waals surface area contributed by atoms with E-state index < -0.39 is 19.5 Å². The summed E-state index contributed by atoms with van der Waals surface area (Å²) in [5, 5.41) is 0.807. The SMILES string of the molecule is CC(=O)Oc1c(C)cc(-c2nc(-c3ccc(N(C)C)cc3)c(-c3ccc(N(C)C)cc3)n2CCP(=O)(O)O)cc1C.CCN(CC)c1ccc(-c2nc(-c3cc(C)c(OC(=O)c4ccccc4)c(C)c3)[nH]c2-c2ccc(N(CC)CC)cc2)cc1.CCN(CC)c1ccc(-c2nc(-c3cc(OC)c(OC(C)=O)c(OC)c3)sc2-c2ccc(N(CC)CC)cc2)cc1. The molecule has 3 aromatic heterocycles. The van der Waals surface area contributed by atoms with Crippen LogP contribution >= 0.6 is 18.9 Å². The molecule has 0 amide bonds. The molecule has 0 aliphatic heterocycles.